The van der Waals surface area contributed by atoms with Crippen LogP contribution in [-0.4, -0.2) is 50.5 Å². The molecule has 1 amide bonds. The zero-order chi connectivity index (χ0) is 24.1. The minimum atomic E-state index is -3.43. The summed E-state index contributed by atoms with van der Waals surface area (Å²) in [5.74, 6) is 1.37. The zero-order valence-corrected chi connectivity index (χ0v) is 20.4. The molecule has 9 heteroatoms. The predicted octanol–water partition coefficient (Wildman–Crippen LogP) is 3.54. The molecule has 1 aliphatic heterocycles. The number of amides is 1. The molecule has 2 aromatic carbocycles. The van der Waals surface area contributed by atoms with Crippen molar-refractivity contribution in [3.05, 3.63) is 54.2 Å². The van der Waals surface area contributed by atoms with Crippen molar-refractivity contribution < 1.29 is 22.7 Å². The second kappa shape index (κ2) is 10.5. The third-order valence-electron chi connectivity index (χ3n) is 6.21. The number of nitrogens with zero attached hydrogens (tertiary/aromatic N) is 2. The Kier molecular flexibility index (Phi) is 7.43. The van der Waals surface area contributed by atoms with Crippen molar-refractivity contribution >= 4 is 26.8 Å². The predicted molar refractivity (Wildman–Crippen MR) is 131 cm³/mol. The molecule has 8 nitrogen and oxygen atoms in total. The highest BCUT2D eigenvalue weighted by Crippen LogP contribution is 2.26. The number of rotatable bonds is 10. The Balaban J connectivity index is 1.33. The summed E-state index contributed by atoms with van der Waals surface area (Å²) >= 11 is 0. The van der Waals surface area contributed by atoms with Gasteiger partial charge in [0.05, 0.1) is 19.1 Å². The van der Waals surface area contributed by atoms with Crippen molar-refractivity contribution in [1.82, 2.24) is 14.2 Å². The number of methoxy groups -OCH3 is 2. The lowest BCUT2D eigenvalue weighted by Gasteiger charge is -2.15. The minimum Gasteiger partial charge on any atom is -0.497 e. The lowest BCUT2D eigenvalue weighted by Crippen LogP contribution is -2.27. The molecule has 1 saturated heterocycles. The van der Waals surface area contributed by atoms with Crippen molar-refractivity contribution in [3.63, 3.8) is 0 Å². The standard InChI is InChI=1S/C25H31N3O5S/c1-32-21-7-10-24(33-2)20(16-21)18-26-25(29)6-5-12-27-15-11-19-17-22(8-9-23(19)27)34(30,31)28-13-3-4-14-28/h7-11,15-17H,3-6,12-14,18H2,1-2H3,(H,26,29). The molecule has 0 saturated carbocycles. The highest BCUT2D eigenvalue weighted by Gasteiger charge is 2.27. The molecule has 0 unspecified atom stereocenters. The second-order valence-electron chi connectivity index (χ2n) is 8.40. The third-order valence-corrected chi connectivity index (χ3v) is 8.11. The number of carbonyl (C=O) groups is 1. The fourth-order valence-corrected chi connectivity index (χ4v) is 5.88. The molecule has 34 heavy (non-hydrogen) atoms. The topological polar surface area (TPSA) is 89.9 Å². The van der Waals surface area contributed by atoms with Crippen LogP contribution in [0.3, 0.4) is 0 Å². The third kappa shape index (κ3) is 5.20. The number of ether oxygens (including phenoxy) is 2. The van der Waals surface area contributed by atoms with E-state index in [0.29, 0.717) is 55.4 Å². The molecule has 1 fully saturated rings. The number of carbonyl (C=O) groups excluding carboxylic acids is 1. The van der Waals surface area contributed by atoms with Crippen LogP contribution in [0.1, 0.15) is 31.2 Å². The molecule has 0 atom stereocenters. The average molecular weight is 486 g/mol. The van der Waals surface area contributed by atoms with Gasteiger partial charge < -0.3 is 19.4 Å². The molecule has 4 rings (SSSR count). The molecular formula is C25H31N3O5S. The molecule has 0 spiro atoms. The first kappa shape index (κ1) is 24.1. The van der Waals surface area contributed by atoms with E-state index < -0.39 is 10.0 Å². The first-order chi connectivity index (χ1) is 16.4. The lowest BCUT2D eigenvalue weighted by atomic mass is 10.2. The molecule has 0 radical (unpaired) electrons. The highest BCUT2D eigenvalue weighted by atomic mass is 32.2. The number of nitrogens with one attached hydrogen (secondary N) is 1. The van der Waals surface area contributed by atoms with Gasteiger partial charge in [0, 0.05) is 55.3 Å². The maximum Gasteiger partial charge on any atom is 0.243 e. The van der Waals surface area contributed by atoms with Gasteiger partial charge in [0.1, 0.15) is 11.5 Å². The number of hydrogen-bond acceptors (Lipinski definition) is 5. The molecule has 0 aliphatic carbocycles. The van der Waals surface area contributed by atoms with Crippen molar-refractivity contribution in [2.75, 3.05) is 27.3 Å². The Morgan fingerprint density at radius 1 is 1.03 bits per heavy atom. The number of hydrogen-bond donors (Lipinski definition) is 1. The monoisotopic (exact) mass is 485 g/mol. The van der Waals surface area contributed by atoms with Gasteiger partial charge in [-0.25, -0.2) is 8.42 Å². The van der Waals surface area contributed by atoms with Crippen LogP contribution in [0.5, 0.6) is 11.5 Å². The normalized spacial score (nSPS) is 14.4. The van der Waals surface area contributed by atoms with Gasteiger partial charge in [-0.1, -0.05) is 0 Å². The van der Waals surface area contributed by atoms with E-state index >= 15 is 0 Å². The average Bonchev–Trinajstić information content (AvgIpc) is 3.53. The van der Waals surface area contributed by atoms with E-state index in [9.17, 15) is 13.2 Å². The Labute approximate surface area is 200 Å². The quantitative estimate of drug-likeness (QED) is 0.474. The molecule has 1 N–H and O–H groups in total. The van der Waals surface area contributed by atoms with E-state index in [2.05, 4.69) is 9.88 Å². The van der Waals surface area contributed by atoms with E-state index in [1.54, 1.807) is 30.7 Å². The zero-order valence-electron chi connectivity index (χ0n) is 19.6. The summed E-state index contributed by atoms with van der Waals surface area (Å²) in [6.07, 6.45) is 4.82. The minimum absolute atomic E-state index is 0.0414. The van der Waals surface area contributed by atoms with E-state index in [1.165, 1.54) is 0 Å². The summed E-state index contributed by atoms with van der Waals surface area (Å²) in [5.41, 5.74) is 1.81. The Bertz CT molecular complexity index is 1260. The molecular weight excluding hydrogens is 454 g/mol. The van der Waals surface area contributed by atoms with Gasteiger partial charge in [0.25, 0.3) is 0 Å². The SMILES string of the molecule is COc1ccc(OC)c(CNC(=O)CCCn2ccc3cc(S(=O)(=O)N4CCCC4)ccc32)c1. The van der Waals surface area contributed by atoms with Gasteiger partial charge in [-0.2, -0.15) is 4.31 Å². The van der Waals surface area contributed by atoms with E-state index in [1.807, 2.05) is 36.5 Å². The summed E-state index contributed by atoms with van der Waals surface area (Å²) in [5, 5.41) is 3.82. The fourth-order valence-electron chi connectivity index (χ4n) is 4.32. The Morgan fingerprint density at radius 2 is 1.82 bits per heavy atom. The Morgan fingerprint density at radius 3 is 2.56 bits per heavy atom. The number of aryl methyl sites for hydroxylation is 1. The molecule has 0 bridgehead atoms. The summed E-state index contributed by atoms with van der Waals surface area (Å²) < 4.78 is 39.9. The number of sulfonamides is 1. The van der Waals surface area contributed by atoms with Crippen molar-refractivity contribution in [2.45, 2.75) is 43.7 Å². The van der Waals surface area contributed by atoms with E-state index in [4.69, 9.17) is 9.47 Å². The van der Waals surface area contributed by atoms with Gasteiger partial charge in [0.15, 0.2) is 0 Å². The van der Waals surface area contributed by atoms with Crippen molar-refractivity contribution in [1.29, 1.82) is 0 Å². The van der Waals surface area contributed by atoms with Crippen molar-refractivity contribution in [3.8, 4) is 11.5 Å². The molecule has 1 aliphatic rings. The van der Waals surface area contributed by atoms with Crippen molar-refractivity contribution in [2.24, 2.45) is 0 Å². The van der Waals surface area contributed by atoms with Crippen LogP contribution in [0.4, 0.5) is 0 Å². The number of fused-ring (bicyclic) bond motifs is 1. The first-order valence-electron chi connectivity index (χ1n) is 11.5. The van der Waals surface area contributed by atoms with Gasteiger partial charge in [-0.15, -0.1) is 0 Å². The fraction of sp³-hybridized carbons (Fsp3) is 0.400. The van der Waals surface area contributed by atoms with Crippen LogP contribution in [0.25, 0.3) is 10.9 Å². The largest absolute Gasteiger partial charge is 0.497 e. The molecule has 1 aromatic heterocycles. The van der Waals surface area contributed by atoms with E-state index in [0.717, 1.165) is 29.3 Å². The summed E-state index contributed by atoms with van der Waals surface area (Å²) in [6, 6.07) is 12.7. The van der Waals surface area contributed by atoms with Gasteiger partial charge in [-0.05, 0) is 61.7 Å². The Hall–Kier alpha value is -3.04. The lowest BCUT2D eigenvalue weighted by molar-refractivity contribution is -0.121. The van der Waals surface area contributed by atoms with Crippen LogP contribution < -0.4 is 14.8 Å². The van der Waals surface area contributed by atoms with Gasteiger partial charge >= 0.3 is 0 Å². The van der Waals surface area contributed by atoms with Crippen LogP contribution in [0, 0.1) is 0 Å². The maximum absolute atomic E-state index is 12.8. The number of aromatic nitrogens is 1. The smallest absolute Gasteiger partial charge is 0.243 e. The van der Waals surface area contributed by atoms with Gasteiger partial charge in [-0.3, -0.25) is 4.79 Å². The van der Waals surface area contributed by atoms with E-state index in [-0.39, 0.29) is 5.91 Å². The summed E-state index contributed by atoms with van der Waals surface area (Å²) in [7, 11) is -0.237. The maximum atomic E-state index is 12.8. The van der Waals surface area contributed by atoms with Crippen LogP contribution >= 0.6 is 0 Å². The molecule has 2 heterocycles. The van der Waals surface area contributed by atoms with Crippen LogP contribution in [0.2, 0.25) is 0 Å². The number of benzene rings is 2. The second-order valence-corrected chi connectivity index (χ2v) is 10.3. The summed E-state index contributed by atoms with van der Waals surface area (Å²) in [6.45, 7) is 2.21. The first-order valence-corrected chi connectivity index (χ1v) is 12.9. The van der Waals surface area contributed by atoms with Crippen LogP contribution in [0.15, 0.2) is 53.6 Å². The molecule has 3 aromatic rings. The molecule has 182 valence electrons. The highest BCUT2D eigenvalue weighted by molar-refractivity contribution is 7.89. The summed E-state index contributed by atoms with van der Waals surface area (Å²) in [4.78, 5) is 12.7. The van der Waals surface area contributed by atoms with Gasteiger partial charge in [0.2, 0.25) is 15.9 Å². The van der Waals surface area contributed by atoms with Crippen LogP contribution in [-0.2, 0) is 27.9 Å².